The maximum Gasteiger partial charge on any atom is 0.0645 e. The first-order valence-electron chi connectivity index (χ1n) is 5.38. The summed E-state index contributed by atoms with van der Waals surface area (Å²) < 4.78 is 0. The topological polar surface area (TPSA) is 50.4 Å². The van der Waals surface area contributed by atoms with Crippen LogP contribution in [-0.4, -0.2) is 12.8 Å². The molecule has 0 heterocycles. The van der Waals surface area contributed by atoms with Gasteiger partial charge in [0.1, 0.15) is 0 Å². The van der Waals surface area contributed by atoms with Gasteiger partial charge in [-0.05, 0) is 18.7 Å². The van der Waals surface area contributed by atoms with Crippen molar-refractivity contribution in [1.29, 1.82) is 0 Å². The highest BCUT2D eigenvalue weighted by atomic mass is 15.3. The molecular weight excluding hydrogens is 174 g/mol. The van der Waals surface area contributed by atoms with Crippen LogP contribution in [0.3, 0.4) is 0 Å². The average Bonchev–Trinajstić information content (AvgIpc) is 2.18. The van der Waals surface area contributed by atoms with Crippen molar-refractivity contribution in [3.63, 3.8) is 0 Å². The molecule has 0 rings (SSSR count). The molecule has 3 heteroatoms. The van der Waals surface area contributed by atoms with Crippen molar-refractivity contribution in [2.45, 2.75) is 39.5 Å². The van der Waals surface area contributed by atoms with Gasteiger partial charge >= 0.3 is 0 Å². The smallest absolute Gasteiger partial charge is 0.0645 e. The molecule has 0 amide bonds. The van der Waals surface area contributed by atoms with Crippen LogP contribution in [0.2, 0.25) is 0 Å². The summed E-state index contributed by atoms with van der Waals surface area (Å²) in [4.78, 5) is 0. The zero-order chi connectivity index (χ0) is 10.8. The Bertz CT molecular complexity index is 185. The zero-order valence-corrected chi connectivity index (χ0v) is 9.59. The Kier molecular flexibility index (Phi) is 7.99. The van der Waals surface area contributed by atoms with E-state index in [1.54, 1.807) is 6.20 Å². The van der Waals surface area contributed by atoms with E-state index in [1.807, 2.05) is 13.1 Å². The molecule has 0 spiro atoms. The summed E-state index contributed by atoms with van der Waals surface area (Å²) in [5, 5.41) is 4.19. The number of hydrogen-bond donors (Lipinski definition) is 2. The van der Waals surface area contributed by atoms with Crippen LogP contribution in [0.25, 0.3) is 0 Å². The number of nitrogens with zero attached hydrogens (tertiary/aromatic N) is 1. The Morgan fingerprint density at radius 2 is 2.21 bits per heavy atom. The van der Waals surface area contributed by atoms with Gasteiger partial charge in [-0.25, -0.2) is 0 Å². The van der Waals surface area contributed by atoms with Crippen LogP contribution in [0.15, 0.2) is 17.4 Å². The number of hydrogen-bond acceptors (Lipinski definition) is 3. The molecule has 1 unspecified atom stereocenters. The van der Waals surface area contributed by atoms with Gasteiger partial charge in [-0.1, -0.05) is 33.1 Å². The molecule has 0 aromatic heterocycles. The molecule has 3 nitrogen and oxygen atoms in total. The Morgan fingerprint density at radius 1 is 1.50 bits per heavy atom. The lowest BCUT2D eigenvalue weighted by Crippen LogP contribution is -2.13. The Balaban J connectivity index is 4.02. The first-order chi connectivity index (χ1) is 6.76. The van der Waals surface area contributed by atoms with Crippen molar-refractivity contribution in [1.82, 2.24) is 5.43 Å². The summed E-state index contributed by atoms with van der Waals surface area (Å²) in [5.74, 6) is 0.480. The number of rotatable bonds is 7. The SMILES string of the molecule is CCCCCC(C)C(/C=C/N)=N/NC. The van der Waals surface area contributed by atoms with Crippen LogP contribution in [0.4, 0.5) is 0 Å². The molecule has 0 saturated carbocycles. The van der Waals surface area contributed by atoms with Gasteiger partial charge < -0.3 is 11.2 Å². The van der Waals surface area contributed by atoms with Crippen molar-refractivity contribution < 1.29 is 0 Å². The molecule has 0 saturated heterocycles. The summed E-state index contributed by atoms with van der Waals surface area (Å²) in [6.07, 6.45) is 8.42. The zero-order valence-electron chi connectivity index (χ0n) is 9.59. The highest BCUT2D eigenvalue weighted by Gasteiger charge is 2.06. The molecule has 0 fully saturated rings. The predicted molar refractivity (Wildman–Crippen MR) is 63.1 cm³/mol. The quantitative estimate of drug-likeness (QED) is 0.373. The first kappa shape index (κ1) is 13.0. The van der Waals surface area contributed by atoms with E-state index in [9.17, 15) is 0 Å². The number of hydrazone groups is 1. The van der Waals surface area contributed by atoms with E-state index in [-0.39, 0.29) is 0 Å². The average molecular weight is 197 g/mol. The Hall–Kier alpha value is -0.990. The minimum absolute atomic E-state index is 0.480. The summed E-state index contributed by atoms with van der Waals surface area (Å²) in [6.45, 7) is 4.40. The van der Waals surface area contributed by atoms with Crippen LogP contribution >= 0.6 is 0 Å². The third-order valence-electron chi connectivity index (χ3n) is 2.25. The van der Waals surface area contributed by atoms with Crippen LogP contribution in [-0.2, 0) is 0 Å². The molecule has 3 N–H and O–H groups in total. The van der Waals surface area contributed by atoms with Gasteiger partial charge in [0, 0.05) is 13.0 Å². The van der Waals surface area contributed by atoms with Crippen molar-refractivity contribution in [2.24, 2.45) is 16.8 Å². The fraction of sp³-hybridized carbons (Fsp3) is 0.727. The molecule has 0 aromatic carbocycles. The van der Waals surface area contributed by atoms with E-state index < -0.39 is 0 Å². The summed E-state index contributed by atoms with van der Waals surface area (Å²) in [6, 6.07) is 0. The maximum atomic E-state index is 5.36. The van der Waals surface area contributed by atoms with Crippen LogP contribution < -0.4 is 11.2 Å². The predicted octanol–water partition coefficient (Wildman–Crippen LogP) is 2.25. The van der Waals surface area contributed by atoms with E-state index in [0.717, 1.165) is 5.71 Å². The lowest BCUT2D eigenvalue weighted by Gasteiger charge is -2.10. The monoisotopic (exact) mass is 197 g/mol. The lowest BCUT2D eigenvalue weighted by molar-refractivity contribution is 0.595. The van der Waals surface area contributed by atoms with Gasteiger partial charge in [-0.3, -0.25) is 0 Å². The molecule has 82 valence electrons. The van der Waals surface area contributed by atoms with E-state index in [1.165, 1.54) is 25.7 Å². The van der Waals surface area contributed by atoms with Crippen molar-refractivity contribution in [2.75, 3.05) is 7.05 Å². The van der Waals surface area contributed by atoms with Gasteiger partial charge in [0.05, 0.1) is 5.71 Å². The molecule has 0 aliphatic rings. The van der Waals surface area contributed by atoms with Crippen molar-refractivity contribution in [3.05, 3.63) is 12.3 Å². The molecule has 1 atom stereocenters. The highest BCUT2D eigenvalue weighted by Crippen LogP contribution is 2.11. The van der Waals surface area contributed by atoms with Gasteiger partial charge in [0.15, 0.2) is 0 Å². The third kappa shape index (κ3) is 5.62. The molecule has 14 heavy (non-hydrogen) atoms. The summed E-state index contributed by atoms with van der Waals surface area (Å²) >= 11 is 0. The normalized spacial score (nSPS) is 14.6. The largest absolute Gasteiger partial charge is 0.405 e. The second kappa shape index (κ2) is 8.60. The lowest BCUT2D eigenvalue weighted by atomic mass is 9.98. The maximum absolute atomic E-state index is 5.36. The van der Waals surface area contributed by atoms with Crippen LogP contribution in [0.1, 0.15) is 39.5 Å². The minimum atomic E-state index is 0.480. The van der Waals surface area contributed by atoms with E-state index in [4.69, 9.17) is 5.73 Å². The van der Waals surface area contributed by atoms with Gasteiger partial charge in [0.25, 0.3) is 0 Å². The molecule has 0 bridgehead atoms. The molecule has 0 radical (unpaired) electrons. The summed E-state index contributed by atoms with van der Waals surface area (Å²) in [7, 11) is 1.81. The van der Waals surface area contributed by atoms with Crippen LogP contribution in [0, 0.1) is 5.92 Å². The Labute approximate surface area is 87.5 Å². The second-order valence-corrected chi connectivity index (χ2v) is 3.52. The number of nitrogens with one attached hydrogen (secondary N) is 1. The molecular formula is C11H23N3. The van der Waals surface area contributed by atoms with E-state index >= 15 is 0 Å². The van der Waals surface area contributed by atoms with Gasteiger partial charge in [-0.2, -0.15) is 5.10 Å². The number of unbranched alkanes of at least 4 members (excludes halogenated alkanes) is 2. The summed E-state index contributed by atoms with van der Waals surface area (Å²) in [5.41, 5.74) is 9.20. The third-order valence-corrected chi connectivity index (χ3v) is 2.25. The van der Waals surface area contributed by atoms with E-state index in [0.29, 0.717) is 5.92 Å². The Morgan fingerprint density at radius 3 is 2.71 bits per heavy atom. The van der Waals surface area contributed by atoms with Crippen molar-refractivity contribution in [3.8, 4) is 0 Å². The van der Waals surface area contributed by atoms with E-state index in [2.05, 4.69) is 24.4 Å². The van der Waals surface area contributed by atoms with Gasteiger partial charge in [-0.15, -0.1) is 0 Å². The van der Waals surface area contributed by atoms with Gasteiger partial charge in [0.2, 0.25) is 0 Å². The van der Waals surface area contributed by atoms with Crippen LogP contribution in [0.5, 0.6) is 0 Å². The standard InChI is InChI=1S/C11H23N3/c1-4-5-6-7-10(2)11(8-9-12)14-13-3/h8-10,13H,4-7,12H2,1-3H3/b9-8+,14-11+. The molecule has 0 aliphatic heterocycles. The highest BCUT2D eigenvalue weighted by molar-refractivity contribution is 5.96. The first-order valence-corrected chi connectivity index (χ1v) is 5.38. The fourth-order valence-corrected chi connectivity index (χ4v) is 1.39. The number of allylic oxidation sites excluding steroid dienone is 1. The number of nitrogens with two attached hydrogens (primary N) is 1. The van der Waals surface area contributed by atoms with Crippen molar-refractivity contribution >= 4 is 5.71 Å². The molecule has 0 aliphatic carbocycles. The second-order valence-electron chi connectivity index (χ2n) is 3.52. The minimum Gasteiger partial charge on any atom is -0.405 e. The fourth-order valence-electron chi connectivity index (χ4n) is 1.39. The molecule has 0 aromatic rings.